The zero-order valence-electron chi connectivity index (χ0n) is 14.2. The molecule has 0 bridgehead atoms. The van der Waals surface area contributed by atoms with E-state index in [9.17, 15) is 0 Å². The van der Waals surface area contributed by atoms with Crippen molar-refractivity contribution in [3.63, 3.8) is 0 Å². The van der Waals surface area contributed by atoms with E-state index in [2.05, 4.69) is 67.5 Å². The summed E-state index contributed by atoms with van der Waals surface area (Å²) in [5, 5.41) is 7.94. The van der Waals surface area contributed by atoms with Gasteiger partial charge in [0.2, 0.25) is 0 Å². The van der Waals surface area contributed by atoms with E-state index in [0.29, 0.717) is 12.0 Å². The van der Waals surface area contributed by atoms with Crippen molar-refractivity contribution in [1.82, 2.24) is 20.0 Å². The molecule has 0 radical (unpaired) electrons. The van der Waals surface area contributed by atoms with Crippen LogP contribution >= 0.6 is 0 Å². The normalized spacial score (nSPS) is 13.0. The van der Waals surface area contributed by atoms with Gasteiger partial charge in [-0.05, 0) is 50.2 Å². The number of likely N-dealkylation sites (N-methyl/N-ethyl adjacent to an activating group) is 1. The summed E-state index contributed by atoms with van der Waals surface area (Å²) in [7, 11) is 4.27. The number of aromatic nitrogens is 2. The summed E-state index contributed by atoms with van der Waals surface area (Å²) in [5.41, 5.74) is 2.41. The van der Waals surface area contributed by atoms with Crippen molar-refractivity contribution in [1.29, 1.82) is 0 Å². The zero-order valence-corrected chi connectivity index (χ0v) is 14.2. The van der Waals surface area contributed by atoms with Gasteiger partial charge >= 0.3 is 0 Å². The lowest BCUT2D eigenvalue weighted by Crippen LogP contribution is -2.38. The summed E-state index contributed by atoms with van der Waals surface area (Å²) in [4.78, 5) is 2.25. The minimum absolute atomic E-state index is 0.529. The molecule has 1 aromatic carbocycles. The molecular weight excluding hydrogens is 272 g/mol. The number of nitrogens with zero attached hydrogens (tertiary/aromatic N) is 3. The highest BCUT2D eigenvalue weighted by Gasteiger charge is 2.11. The Labute approximate surface area is 134 Å². The molecule has 1 atom stereocenters. The van der Waals surface area contributed by atoms with Gasteiger partial charge in [-0.2, -0.15) is 5.10 Å². The van der Waals surface area contributed by atoms with Crippen LogP contribution in [-0.2, 0) is 6.54 Å². The smallest absolute Gasteiger partial charge is 0.0645 e. The molecule has 0 aliphatic carbocycles. The second kappa shape index (κ2) is 8.11. The number of nitrogens with one attached hydrogen (secondary N) is 1. The van der Waals surface area contributed by atoms with E-state index in [-0.39, 0.29) is 0 Å². The number of rotatable bonds is 8. The van der Waals surface area contributed by atoms with Gasteiger partial charge in [0.1, 0.15) is 0 Å². The molecule has 120 valence electrons. The first kappa shape index (κ1) is 16.7. The molecule has 0 amide bonds. The minimum Gasteiger partial charge on any atom is -0.309 e. The van der Waals surface area contributed by atoms with E-state index < -0.39 is 0 Å². The molecule has 2 aromatic rings. The predicted octanol–water partition coefficient (Wildman–Crippen LogP) is 2.94. The molecule has 22 heavy (non-hydrogen) atoms. The first-order chi connectivity index (χ1) is 10.5. The van der Waals surface area contributed by atoms with Gasteiger partial charge < -0.3 is 10.2 Å². The minimum atomic E-state index is 0.529. The highest BCUT2D eigenvalue weighted by molar-refractivity contribution is 5.33. The molecule has 4 heteroatoms. The van der Waals surface area contributed by atoms with Crippen LogP contribution in [0.25, 0.3) is 5.69 Å². The average Bonchev–Trinajstić information content (AvgIpc) is 2.98. The lowest BCUT2D eigenvalue weighted by molar-refractivity contribution is 0.305. The fraction of sp³-hybridized carbons (Fsp3) is 0.500. The molecule has 0 aliphatic rings. The van der Waals surface area contributed by atoms with Crippen LogP contribution in [0.5, 0.6) is 0 Å². The largest absolute Gasteiger partial charge is 0.309 e. The lowest BCUT2D eigenvalue weighted by atomic mass is 10.0. The van der Waals surface area contributed by atoms with E-state index in [1.807, 2.05) is 16.9 Å². The fourth-order valence-electron chi connectivity index (χ4n) is 2.68. The summed E-state index contributed by atoms with van der Waals surface area (Å²) >= 11 is 0. The molecular formula is C18H28N4. The van der Waals surface area contributed by atoms with Gasteiger partial charge in [0.05, 0.1) is 5.69 Å². The zero-order chi connectivity index (χ0) is 15.9. The maximum absolute atomic E-state index is 4.25. The predicted molar refractivity (Wildman–Crippen MR) is 92.2 cm³/mol. The molecule has 1 N–H and O–H groups in total. The van der Waals surface area contributed by atoms with Crippen molar-refractivity contribution in [3.05, 3.63) is 48.3 Å². The van der Waals surface area contributed by atoms with Crippen LogP contribution in [0.4, 0.5) is 0 Å². The number of benzene rings is 1. The summed E-state index contributed by atoms with van der Waals surface area (Å²) in [6.45, 7) is 6.54. The topological polar surface area (TPSA) is 33.1 Å². The van der Waals surface area contributed by atoms with Crippen molar-refractivity contribution in [2.45, 2.75) is 32.9 Å². The van der Waals surface area contributed by atoms with Crippen LogP contribution < -0.4 is 5.32 Å². The van der Waals surface area contributed by atoms with Gasteiger partial charge in [0.25, 0.3) is 0 Å². The molecule has 1 unspecified atom stereocenters. The highest BCUT2D eigenvalue weighted by atomic mass is 15.3. The molecule has 0 spiro atoms. The summed E-state index contributed by atoms with van der Waals surface area (Å²) < 4.78 is 1.88. The molecule has 4 nitrogen and oxygen atoms in total. The molecule has 0 aliphatic heterocycles. The molecule has 2 rings (SSSR count). The van der Waals surface area contributed by atoms with E-state index in [4.69, 9.17) is 0 Å². The molecule has 0 saturated heterocycles. The fourth-order valence-corrected chi connectivity index (χ4v) is 2.68. The Morgan fingerprint density at radius 2 is 1.91 bits per heavy atom. The van der Waals surface area contributed by atoms with Crippen molar-refractivity contribution in [3.8, 4) is 5.69 Å². The SMILES string of the molecule is CC(C)CC(CN(C)C)NCc1ccc(-n2cccn2)cc1. The number of hydrogen-bond acceptors (Lipinski definition) is 3. The van der Waals surface area contributed by atoms with Gasteiger partial charge in [-0.1, -0.05) is 26.0 Å². The van der Waals surface area contributed by atoms with Crippen LogP contribution in [0.1, 0.15) is 25.8 Å². The summed E-state index contributed by atoms with van der Waals surface area (Å²) in [6.07, 6.45) is 4.96. The van der Waals surface area contributed by atoms with Gasteiger partial charge in [-0.3, -0.25) is 0 Å². The molecule has 1 heterocycles. The third kappa shape index (κ3) is 5.28. The van der Waals surface area contributed by atoms with Gasteiger partial charge in [-0.25, -0.2) is 4.68 Å². The average molecular weight is 300 g/mol. The summed E-state index contributed by atoms with van der Waals surface area (Å²) in [6, 6.07) is 11.0. The van der Waals surface area contributed by atoms with Crippen LogP contribution in [-0.4, -0.2) is 41.4 Å². The van der Waals surface area contributed by atoms with Gasteiger partial charge in [0.15, 0.2) is 0 Å². The Morgan fingerprint density at radius 3 is 2.45 bits per heavy atom. The first-order valence-corrected chi connectivity index (χ1v) is 8.01. The summed E-state index contributed by atoms with van der Waals surface area (Å²) in [5.74, 6) is 0.708. The van der Waals surface area contributed by atoms with Crippen LogP contribution in [0.3, 0.4) is 0 Å². The second-order valence-corrected chi connectivity index (χ2v) is 6.59. The monoisotopic (exact) mass is 300 g/mol. The van der Waals surface area contributed by atoms with E-state index >= 15 is 0 Å². The maximum atomic E-state index is 4.25. The van der Waals surface area contributed by atoms with Crippen LogP contribution in [0, 0.1) is 5.92 Å². The highest BCUT2D eigenvalue weighted by Crippen LogP contribution is 2.10. The molecule has 1 aromatic heterocycles. The third-order valence-electron chi connectivity index (χ3n) is 3.64. The number of hydrogen-bond donors (Lipinski definition) is 1. The van der Waals surface area contributed by atoms with Crippen molar-refractivity contribution in [2.24, 2.45) is 5.92 Å². The quantitative estimate of drug-likeness (QED) is 0.813. The third-order valence-corrected chi connectivity index (χ3v) is 3.64. The van der Waals surface area contributed by atoms with Crippen LogP contribution in [0.15, 0.2) is 42.7 Å². The Hall–Kier alpha value is -1.65. The van der Waals surface area contributed by atoms with Gasteiger partial charge in [0, 0.05) is 31.5 Å². The molecule has 0 fully saturated rings. The van der Waals surface area contributed by atoms with Crippen molar-refractivity contribution < 1.29 is 0 Å². The van der Waals surface area contributed by atoms with Gasteiger partial charge in [-0.15, -0.1) is 0 Å². The van der Waals surface area contributed by atoms with Crippen molar-refractivity contribution >= 4 is 0 Å². The van der Waals surface area contributed by atoms with Crippen LogP contribution in [0.2, 0.25) is 0 Å². The Kier molecular flexibility index (Phi) is 6.16. The van der Waals surface area contributed by atoms with E-state index in [0.717, 1.165) is 18.8 Å². The molecule has 0 saturated carbocycles. The second-order valence-electron chi connectivity index (χ2n) is 6.59. The van der Waals surface area contributed by atoms with Crippen molar-refractivity contribution in [2.75, 3.05) is 20.6 Å². The van der Waals surface area contributed by atoms with E-state index in [1.54, 1.807) is 6.20 Å². The standard InChI is InChI=1S/C18H28N4/c1-15(2)12-17(14-21(3)4)19-13-16-6-8-18(9-7-16)22-11-5-10-20-22/h5-11,15,17,19H,12-14H2,1-4H3. The van der Waals surface area contributed by atoms with E-state index in [1.165, 1.54) is 12.0 Å². The Bertz CT molecular complexity index is 519. The maximum Gasteiger partial charge on any atom is 0.0645 e. The Balaban J connectivity index is 1.91. The first-order valence-electron chi connectivity index (χ1n) is 8.01. The lowest BCUT2D eigenvalue weighted by Gasteiger charge is -2.24. The Morgan fingerprint density at radius 1 is 1.18 bits per heavy atom.